The topological polar surface area (TPSA) is 46.3 Å². The van der Waals surface area contributed by atoms with Gasteiger partial charge in [0.05, 0.1) is 12.1 Å². The fourth-order valence-corrected chi connectivity index (χ4v) is 2.47. The molecule has 1 amide bonds. The number of halogens is 1. The third kappa shape index (κ3) is 4.03. The van der Waals surface area contributed by atoms with Crippen molar-refractivity contribution in [2.45, 2.75) is 13.0 Å². The van der Waals surface area contributed by atoms with Gasteiger partial charge in [0.2, 0.25) is 11.8 Å². The Morgan fingerprint density at radius 3 is 2.54 bits per heavy atom. The van der Waals surface area contributed by atoms with E-state index in [2.05, 4.69) is 4.98 Å². The summed E-state index contributed by atoms with van der Waals surface area (Å²) < 4.78 is 5.47. The zero-order valence-corrected chi connectivity index (χ0v) is 14.0. The van der Waals surface area contributed by atoms with Gasteiger partial charge < -0.3 is 9.32 Å². The molecule has 0 aliphatic carbocycles. The Morgan fingerprint density at radius 1 is 1.12 bits per heavy atom. The van der Waals surface area contributed by atoms with Gasteiger partial charge in [-0.25, -0.2) is 4.98 Å². The Hall–Kier alpha value is -2.59. The maximum Gasteiger partial charge on any atom is 0.228 e. The molecule has 0 aliphatic rings. The van der Waals surface area contributed by atoms with Gasteiger partial charge in [-0.15, -0.1) is 0 Å². The van der Waals surface area contributed by atoms with Crippen molar-refractivity contribution in [1.82, 2.24) is 9.88 Å². The van der Waals surface area contributed by atoms with E-state index in [0.717, 1.165) is 11.1 Å². The highest BCUT2D eigenvalue weighted by atomic mass is 35.5. The number of amides is 1. The monoisotopic (exact) mass is 340 g/mol. The first-order valence-electron chi connectivity index (χ1n) is 7.60. The molecule has 122 valence electrons. The maximum atomic E-state index is 12.3. The van der Waals surface area contributed by atoms with Crippen LogP contribution in [0.15, 0.2) is 65.3 Å². The third-order valence-corrected chi connectivity index (χ3v) is 3.92. The smallest absolute Gasteiger partial charge is 0.228 e. The summed E-state index contributed by atoms with van der Waals surface area (Å²) in [4.78, 5) is 18.4. The van der Waals surface area contributed by atoms with Crippen LogP contribution >= 0.6 is 11.6 Å². The number of hydrogen-bond acceptors (Lipinski definition) is 3. The van der Waals surface area contributed by atoms with E-state index in [9.17, 15) is 4.79 Å². The molecule has 3 aromatic rings. The standard InChI is InChI=1S/C19H17ClN2O2/c1-22(12-14-7-9-16(20)10-8-14)18(23)11-17-13-24-19(21-17)15-5-3-2-4-6-15/h2-10,13H,11-12H2,1H3. The van der Waals surface area contributed by atoms with Crippen molar-refractivity contribution in [1.29, 1.82) is 0 Å². The Kier molecular flexibility index (Phi) is 4.96. The van der Waals surface area contributed by atoms with E-state index in [-0.39, 0.29) is 12.3 Å². The number of carbonyl (C=O) groups is 1. The first kappa shape index (κ1) is 16.3. The van der Waals surface area contributed by atoms with Crippen molar-refractivity contribution >= 4 is 17.5 Å². The minimum atomic E-state index is -0.0159. The van der Waals surface area contributed by atoms with E-state index in [1.807, 2.05) is 54.6 Å². The van der Waals surface area contributed by atoms with Crippen molar-refractivity contribution in [2.24, 2.45) is 0 Å². The van der Waals surface area contributed by atoms with Crippen LogP contribution in [0.3, 0.4) is 0 Å². The highest BCUT2D eigenvalue weighted by Gasteiger charge is 2.14. The molecule has 0 bridgehead atoms. The van der Waals surface area contributed by atoms with E-state index < -0.39 is 0 Å². The molecule has 0 unspecified atom stereocenters. The Labute approximate surface area is 145 Å². The summed E-state index contributed by atoms with van der Waals surface area (Å²) in [7, 11) is 1.77. The van der Waals surface area contributed by atoms with Crippen molar-refractivity contribution in [2.75, 3.05) is 7.05 Å². The zero-order valence-electron chi connectivity index (χ0n) is 13.3. The summed E-state index contributed by atoms with van der Waals surface area (Å²) in [6, 6.07) is 17.1. The third-order valence-electron chi connectivity index (χ3n) is 3.66. The zero-order chi connectivity index (χ0) is 16.9. The van der Waals surface area contributed by atoms with Gasteiger partial charge in [0.25, 0.3) is 0 Å². The van der Waals surface area contributed by atoms with Crippen molar-refractivity contribution in [3.8, 4) is 11.5 Å². The summed E-state index contributed by atoms with van der Waals surface area (Å²) in [5.74, 6) is 0.511. The molecule has 0 saturated heterocycles. The number of benzene rings is 2. The molecule has 0 fully saturated rings. The van der Waals surface area contributed by atoms with Crippen LogP contribution in [0.25, 0.3) is 11.5 Å². The predicted molar refractivity (Wildman–Crippen MR) is 93.6 cm³/mol. The summed E-state index contributed by atoms with van der Waals surface area (Å²) in [5, 5.41) is 0.684. The van der Waals surface area contributed by atoms with Crippen LogP contribution in [-0.2, 0) is 17.8 Å². The Balaban J connectivity index is 1.62. The van der Waals surface area contributed by atoms with Crippen LogP contribution < -0.4 is 0 Å². The highest BCUT2D eigenvalue weighted by molar-refractivity contribution is 6.30. The van der Waals surface area contributed by atoms with E-state index in [1.165, 1.54) is 6.26 Å². The molecule has 1 aromatic heterocycles. The van der Waals surface area contributed by atoms with Crippen LogP contribution in [0, 0.1) is 0 Å². The van der Waals surface area contributed by atoms with Crippen molar-refractivity contribution in [3.63, 3.8) is 0 Å². The summed E-state index contributed by atoms with van der Waals surface area (Å²) in [6.07, 6.45) is 1.75. The van der Waals surface area contributed by atoms with Crippen LogP contribution in [0.4, 0.5) is 0 Å². The average Bonchev–Trinajstić information content (AvgIpc) is 3.06. The molecule has 0 saturated carbocycles. The SMILES string of the molecule is CN(Cc1ccc(Cl)cc1)C(=O)Cc1coc(-c2ccccc2)n1. The number of aromatic nitrogens is 1. The van der Waals surface area contributed by atoms with Crippen molar-refractivity contribution in [3.05, 3.63) is 77.1 Å². The molecule has 2 aromatic carbocycles. The van der Waals surface area contributed by atoms with Crippen molar-refractivity contribution < 1.29 is 9.21 Å². The minimum Gasteiger partial charge on any atom is -0.444 e. The normalized spacial score (nSPS) is 10.6. The number of nitrogens with zero attached hydrogens (tertiary/aromatic N) is 2. The Morgan fingerprint density at radius 2 is 1.83 bits per heavy atom. The van der Waals surface area contributed by atoms with E-state index >= 15 is 0 Å². The fraction of sp³-hybridized carbons (Fsp3) is 0.158. The second kappa shape index (κ2) is 7.32. The van der Waals surface area contributed by atoms with Gasteiger partial charge in [-0.1, -0.05) is 41.9 Å². The second-order valence-corrected chi connectivity index (χ2v) is 6.00. The number of oxazole rings is 1. The molecule has 0 atom stereocenters. The van der Waals surface area contributed by atoms with Gasteiger partial charge in [-0.3, -0.25) is 4.79 Å². The average molecular weight is 341 g/mol. The molecule has 4 nitrogen and oxygen atoms in total. The highest BCUT2D eigenvalue weighted by Crippen LogP contribution is 2.18. The quantitative estimate of drug-likeness (QED) is 0.699. The predicted octanol–water partition coefficient (Wildman–Crippen LogP) is 4.20. The van der Waals surface area contributed by atoms with Gasteiger partial charge >= 0.3 is 0 Å². The lowest BCUT2D eigenvalue weighted by Gasteiger charge is -2.16. The number of carbonyl (C=O) groups excluding carboxylic acids is 1. The maximum absolute atomic E-state index is 12.3. The fourth-order valence-electron chi connectivity index (χ4n) is 2.34. The van der Waals surface area contributed by atoms with E-state index in [0.29, 0.717) is 23.2 Å². The van der Waals surface area contributed by atoms with E-state index in [4.69, 9.17) is 16.0 Å². The number of rotatable bonds is 5. The Bertz CT molecular complexity index is 813. The molecule has 0 radical (unpaired) electrons. The van der Waals surface area contributed by atoms with Gasteiger partial charge in [0.15, 0.2) is 0 Å². The van der Waals surface area contributed by atoms with Gasteiger partial charge in [0, 0.05) is 24.2 Å². The molecule has 0 spiro atoms. The van der Waals surface area contributed by atoms with Gasteiger partial charge in [-0.05, 0) is 29.8 Å². The van der Waals surface area contributed by atoms with Gasteiger partial charge in [0.1, 0.15) is 6.26 Å². The lowest BCUT2D eigenvalue weighted by Crippen LogP contribution is -2.27. The first-order valence-corrected chi connectivity index (χ1v) is 7.98. The molecule has 24 heavy (non-hydrogen) atoms. The van der Waals surface area contributed by atoms with Crippen LogP contribution in [0.2, 0.25) is 5.02 Å². The molecular formula is C19H17ClN2O2. The molecule has 3 rings (SSSR count). The molecular weight excluding hydrogens is 324 g/mol. The second-order valence-electron chi connectivity index (χ2n) is 5.56. The van der Waals surface area contributed by atoms with E-state index in [1.54, 1.807) is 11.9 Å². The first-order chi connectivity index (χ1) is 11.6. The van der Waals surface area contributed by atoms with Crippen LogP contribution in [0.5, 0.6) is 0 Å². The molecule has 0 N–H and O–H groups in total. The lowest BCUT2D eigenvalue weighted by atomic mass is 10.2. The van der Waals surface area contributed by atoms with Crippen LogP contribution in [-0.4, -0.2) is 22.8 Å². The van der Waals surface area contributed by atoms with Gasteiger partial charge in [-0.2, -0.15) is 0 Å². The largest absolute Gasteiger partial charge is 0.444 e. The summed E-state index contributed by atoms with van der Waals surface area (Å²) >= 11 is 5.87. The number of likely N-dealkylation sites (N-methyl/N-ethyl adjacent to an activating group) is 1. The molecule has 0 aliphatic heterocycles. The lowest BCUT2D eigenvalue weighted by molar-refractivity contribution is -0.129. The summed E-state index contributed by atoms with van der Waals surface area (Å²) in [6.45, 7) is 0.527. The minimum absolute atomic E-state index is 0.0159. The molecule has 5 heteroatoms. The summed E-state index contributed by atoms with van der Waals surface area (Å²) in [5.41, 5.74) is 2.55. The molecule has 1 heterocycles. The number of hydrogen-bond donors (Lipinski definition) is 0. The van der Waals surface area contributed by atoms with Crippen LogP contribution in [0.1, 0.15) is 11.3 Å².